The summed E-state index contributed by atoms with van der Waals surface area (Å²) in [5, 5.41) is 24.0. The highest BCUT2D eigenvalue weighted by Gasteiger charge is 2.33. The summed E-state index contributed by atoms with van der Waals surface area (Å²) in [6.45, 7) is 1.42. The molecule has 0 spiro atoms. The molecule has 2 fully saturated rings. The average molecular weight is 328 g/mol. The molecular weight excluding hydrogens is 304 g/mol. The first-order chi connectivity index (χ1) is 11.7. The molecule has 2 aliphatic carbocycles. The molecule has 24 heavy (non-hydrogen) atoms. The molecule has 5 heteroatoms. The molecule has 5 nitrogen and oxygen atoms in total. The van der Waals surface area contributed by atoms with Gasteiger partial charge in [-0.15, -0.1) is 0 Å². The molecule has 3 unspecified atom stereocenters. The van der Waals surface area contributed by atoms with Gasteiger partial charge in [0.15, 0.2) is 0 Å². The van der Waals surface area contributed by atoms with Gasteiger partial charge in [0.05, 0.1) is 24.3 Å². The zero-order valence-corrected chi connectivity index (χ0v) is 13.7. The number of anilines is 1. The standard InChI is InChI=1S/C19H24N2O3/c22-17-7-4-14(19(17)23)11-24-15-6-3-13-5-8-18(21-16(13)9-15)20-10-12-1-2-12/h3,5-6,8-9,12,14,17,19,22-23H,1-2,4,7,10-11H2,(H,20,21). The Bertz CT molecular complexity index is 717. The number of nitrogens with one attached hydrogen (secondary N) is 1. The molecule has 2 aromatic rings. The van der Waals surface area contributed by atoms with Gasteiger partial charge in [0.25, 0.3) is 0 Å². The number of benzene rings is 1. The van der Waals surface area contributed by atoms with Crippen LogP contribution in [0.1, 0.15) is 25.7 Å². The van der Waals surface area contributed by atoms with E-state index in [4.69, 9.17) is 4.74 Å². The Kier molecular flexibility index (Phi) is 4.29. The van der Waals surface area contributed by atoms with E-state index in [0.717, 1.165) is 41.4 Å². The predicted octanol–water partition coefficient (Wildman–Crippen LogP) is 2.57. The lowest BCUT2D eigenvalue weighted by Crippen LogP contribution is -2.28. The summed E-state index contributed by atoms with van der Waals surface area (Å²) in [6.07, 6.45) is 2.79. The SMILES string of the molecule is OC1CCC(COc2ccc3ccc(NCC4CC4)nc3c2)C1O. The molecule has 0 bridgehead atoms. The maximum atomic E-state index is 9.90. The predicted molar refractivity (Wildman–Crippen MR) is 93.2 cm³/mol. The Morgan fingerprint density at radius 1 is 1.08 bits per heavy atom. The molecule has 4 rings (SSSR count). The van der Waals surface area contributed by atoms with Gasteiger partial charge >= 0.3 is 0 Å². The maximum Gasteiger partial charge on any atom is 0.126 e. The number of hydrogen-bond acceptors (Lipinski definition) is 5. The van der Waals surface area contributed by atoms with E-state index in [1.807, 2.05) is 24.3 Å². The molecule has 0 radical (unpaired) electrons. The van der Waals surface area contributed by atoms with Crippen LogP contribution in [-0.4, -0.2) is 40.6 Å². The van der Waals surface area contributed by atoms with E-state index in [2.05, 4.69) is 16.4 Å². The minimum atomic E-state index is -0.679. The summed E-state index contributed by atoms with van der Waals surface area (Å²) in [6, 6.07) is 9.96. The van der Waals surface area contributed by atoms with Crippen LogP contribution in [0.15, 0.2) is 30.3 Å². The second kappa shape index (κ2) is 6.57. The normalized spacial score (nSPS) is 26.7. The van der Waals surface area contributed by atoms with Gasteiger partial charge in [-0.25, -0.2) is 4.98 Å². The summed E-state index contributed by atoms with van der Waals surface area (Å²) in [7, 11) is 0. The van der Waals surface area contributed by atoms with Gasteiger partial charge in [0.1, 0.15) is 11.6 Å². The quantitative estimate of drug-likeness (QED) is 0.760. The lowest BCUT2D eigenvalue weighted by molar-refractivity contribution is 0.00971. The second-order valence-electron chi connectivity index (χ2n) is 7.08. The topological polar surface area (TPSA) is 74.6 Å². The van der Waals surface area contributed by atoms with Crippen LogP contribution in [0.3, 0.4) is 0 Å². The largest absolute Gasteiger partial charge is 0.493 e. The number of rotatable bonds is 6. The highest BCUT2D eigenvalue weighted by atomic mass is 16.5. The number of pyridine rings is 1. The van der Waals surface area contributed by atoms with Gasteiger partial charge in [-0.1, -0.05) is 0 Å². The smallest absolute Gasteiger partial charge is 0.126 e. The van der Waals surface area contributed by atoms with Crippen LogP contribution in [0.4, 0.5) is 5.82 Å². The average Bonchev–Trinajstić information content (AvgIpc) is 3.38. The van der Waals surface area contributed by atoms with Crippen molar-refractivity contribution < 1.29 is 14.9 Å². The van der Waals surface area contributed by atoms with E-state index in [1.54, 1.807) is 0 Å². The first-order valence-electron chi connectivity index (χ1n) is 8.82. The number of nitrogens with zero attached hydrogens (tertiary/aromatic N) is 1. The van der Waals surface area contributed by atoms with Crippen LogP contribution >= 0.6 is 0 Å². The third-order valence-corrected chi connectivity index (χ3v) is 5.11. The molecule has 0 aliphatic heterocycles. The minimum absolute atomic E-state index is 0.00445. The van der Waals surface area contributed by atoms with Gasteiger partial charge in [-0.3, -0.25) is 0 Å². The first-order valence-corrected chi connectivity index (χ1v) is 8.82. The Morgan fingerprint density at radius 2 is 1.92 bits per heavy atom. The van der Waals surface area contributed by atoms with Crippen molar-refractivity contribution in [3.63, 3.8) is 0 Å². The van der Waals surface area contributed by atoms with Crippen LogP contribution in [0.5, 0.6) is 5.75 Å². The molecule has 2 aliphatic rings. The lowest BCUT2D eigenvalue weighted by Gasteiger charge is -2.17. The summed E-state index contributed by atoms with van der Waals surface area (Å²) < 4.78 is 5.83. The van der Waals surface area contributed by atoms with Gasteiger partial charge in [-0.2, -0.15) is 0 Å². The summed E-state index contributed by atoms with van der Waals surface area (Å²) in [5.41, 5.74) is 0.903. The molecule has 3 atom stereocenters. The molecule has 1 aromatic carbocycles. The zero-order valence-electron chi connectivity index (χ0n) is 13.7. The fraction of sp³-hybridized carbons (Fsp3) is 0.526. The highest BCUT2D eigenvalue weighted by molar-refractivity contribution is 5.81. The molecule has 128 valence electrons. The summed E-state index contributed by atoms with van der Waals surface area (Å²) in [5.74, 6) is 2.46. The van der Waals surface area contributed by atoms with Crippen molar-refractivity contribution in [1.29, 1.82) is 0 Å². The van der Waals surface area contributed by atoms with E-state index in [9.17, 15) is 10.2 Å². The number of ether oxygens (including phenoxy) is 1. The number of aromatic nitrogens is 1. The van der Waals surface area contributed by atoms with Crippen molar-refractivity contribution in [1.82, 2.24) is 4.98 Å². The van der Waals surface area contributed by atoms with E-state index in [-0.39, 0.29) is 5.92 Å². The molecule has 0 amide bonds. The number of aliphatic hydroxyl groups is 2. The fourth-order valence-corrected chi connectivity index (χ4v) is 3.28. The van der Waals surface area contributed by atoms with Gasteiger partial charge < -0.3 is 20.3 Å². The van der Waals surface area contributed by atoms with Gasteiger partial charge in [0.2, 0.25) is 0 Å². The summed E-state index contributed by atoms with van der Waals surface area (Å²) in [4.78, 5) is 4.66. The van der Waals surface area contributed by atoms with Crippen molar-refractivity contribution >= 4 is 16.7 Å². The van der Waals surface area contributed by atoms with Gasteiger partial charge in [-0.05, 0) is 55.9 Å². The zero-order chi connectivity index (χ0) is 16.5. The van der Waals surface area contributed by atoms with Crippen LogP contribution < -0.4 is 10.1 Å². The first kappa shape index (κ1) is 15.7. The number of hydrogen-bond donors (Lipinski definition) is 3. The van der Waals surface area contributed by atoms with Crippen LogP contribution in [0.2, 0.25) is 0 Å². The molecule has 0 saturated heterocycles. The third-order valence-electron chi connectivity index (χ3n) is 5.11. The summed E-state index contributed by atoms with van der Waals surface area (Å²) >= 11 is 0. The molecule has 3 N–H and O–H groups in total. The number of aliphatic hydroxyl groups excluding tert-OH is 2. The second-order valence-corrected chi connectivity index (χ2v) is 7.08. The Labute approximate surface area is 141 Å². The van der Waals surface area contributed by atoms with Crippen LogP contribution in [-0.2, 0) is 0 Å². The Hall–Kier alpha value is -1.85. The van der Waals surface area contributed by atoms with Crippen LogP contribution in [0, 0.1) is 11.8 Å². The van der Waals surface area contributed by atoms with Crippen molar-refractivity contribution in [3.05, 3.63) is 30.3 Å². The van der Waals surface area contributed by atoms with Crippen molar-refractivity contribution in [2.24, 2.45) is 11.8 Å². The van der Waals surface area contributed by atoms with E-state index in [1.165, 1.54) is 12.8 Å². The van der Waals surface area contributed by atoms with Crippen LogP contribution in [0.25, 0.3) is 10.9 Å². The molecule has 1 aromatic heterocycles. The van der Waals surface area contributed by atoms with Crippen molar-refractivity contribution in [2.45, 2.75) is 37.9 Å². The third kappa shape index (κ3) is 3.47. The highest BCUT2D eigenvalue weighted by Crippen LogP contribution is 2.30. The molecule has 2 saturated carbocycles. The van der Waals surface area contributed by atoms with E-state index < -0.39 is 12.2 Å². The molecule has 1 heterocycles. The number of fused-ring (bicyclic) bond motifs is 1. The fourth-order valence-electron chi connectivity index (χ4n) is 3.28. The van der Waals surface area contributed by atoms with E-state index >= 15 is 0 Å². The van der Waals surface area contributed by atoms with E-state index in [0.29, 0.717) is 13.0 Å². The maximum absolute atomic E-state index is 9.90. The van der Waals surface area contributed by atoms with Crippen molar-refractivity contribution in [3.8, 4) is 5.75 Å². The van der Waals surface area contributed by atoms with Gasteiger partial charge in [0, 0.05) is 23.9 Å². The minimum Gasteiger partial charge on any atom is -0.493 e. The lowest BCUT2D eigenvalue weighted by atomic mass is 10.1. The molecular formula is C19H24N2O3. The Balaban J connectivity index is 1.43. The monoisotopic (exact) mass is 328 g/mol. The Morgan fingerprint density at radius 3 is 2.67 bits per heavy atom. The van der Waals surface area contributed by atoms with Crippen molar-refractivity contribution in [2.75, 3.05) is 18.5 Å².